The normalized spacial score (nSPS) is 13.6. The second-order valence-corrected chi connectivity index (χ2v) is 12.6. The number of hydrogen-bond acceptors (Lipinski definition) is 8. The van der Waals surface area contributed by atoms with Crippen molar-refractivity contribution in [3.63, 3.8) is 0 Å². The zero-order valence-corrected chi connectivity index (χ0v) is 28.4. The van der Waals surface area contributed by atoms with E-state index in [9.17, 15) is 9.59 Å². The van der Waals surface area contributed by atoms with Crippen LogP contribution in [-0.2, 0) is 30.5 Å². The Morgan fingerprint density at radius 1 is 0.500 bits per heavy atom. The Hall–Kier alpha value is -5.12. The molecule has 0 aliphatic heterocycles. The Morgan fingerprint density at radius 2 is 0.860 bits per heavy atom. The molecule has 0 radical (unpaired) electrons. The van der Waals surface area contributed by atoms with Gasteiger partial charge in [-0.15, -0.1) is 0 Å². The van der Waals surface area contributed by atoms with Crippen molar-refractivity contribution in [3.05, 3.63) is 155 Å². The van der Waals surface area contributed by atoms with E-state index in [1.807, 2.05) is 84.9 Å². The van der Waals surface area contributed by atoms with Gasteiger partial charge in [-0.3, -0.25) is 11.5 Å². The van der Waals surface area contributed by atoms with E-state index in [-0.39, 0.29) is 26.1 Å². The first-order valence-electron chi connectivity index (χ1n) is 15.9. The molecule has 50 heavy (non-hydrogen) atoms. The molecule has 6 aromatic carbocycles. The molecule has 0 aliphatic carbocycles. The molecule has 0 fully saturated rings. The van der Waals surface area contributed by atoms with Crippen LogP contribution in [-0.4, -0.2) is 25.2 Å². The lowest BCUT2D eigenvalue weighted by Crippen LogP contribution is -2.48. The number of esters is 2. The first-order chi connectivity index (χ1) is 24.1. The molecule has 254 valence electrons. The minimum absolute atomic E-state index is 0.0132. The summed E-state index contributed by atoms with van der Waals surface area (Å²) in [4.78, 5) is 26.9. The third-order valence-corrected chi connectivity index (χ3v) is 8.85. The second-order valence-electron chi connectivity index (χ2n) is 11.7. The van der Waals surface area contributed by atoms with E-state index >= 15 is 0 Å². The first kappa shape index (κ1) is 34.7. The van der Waals surface area contributed by atoms with Crippen LogP contribution in [0.15, 0.2) is 133 Å². The van der Waals surface area contributed by atoms with Crippen LogP contribution in [0.2, 0.25) is 10.0 Å². The number of ether oxygens (including phenoxy) is 4. The van der Waals surface area contributed by atoms with Crippen molar-refractivity contribution >= 4 is 56.7 Å². The largest absolute Gasteiger partial charge is 0.493 e. The van der Waals surface area contributed by atoms with Crippen molar-refractivity contribution in [2.45, 2.75) is 24.3 Å². The topological polar surface area (TPSA) is 123 Å². The number of halogens is 2. The molecule has 2 atom stereocenters. The summed E-state index contributed by atoms with van der Waals surface area (Å²) in [6, 6.07) is 39.9. The van der Waals surface area contributed by atoms with Crippen LogP contribution in [0.1, 0.15) is 24.0 Å². The van der Waals surface area contributed by atoms with Crippen molar-refractivity contribution in [2.24, 2.45) is 11.5 Å². The van der Waals surface area contributed by atoms with Gasteiger partial charge in [-0.2, -0.15) is 0 Å². The fraction of sp³-hybridized carbons (Fsp3) is 0.150. The zero-order chi connectivity index (χ0) is 35.1. The van der Waals surface area contributed by atoms with Gasteiger partial charge in [-0.1, -0.05) is 120 Å². The van der Waals surface area contributed by atoms with E-state index in [4.69, 9.17) is 53.6 Å². The fourth-order valence-electron chi connectivity index (χ4n) is 5.66. The molecule has 0 spiro atoms. The summed E-state index contributed by atoms with van der Waals surface area (Å²) in [5.41, 5.74) is 10.7. The standard InChI is InChI=1S/C40H34Cl2N2O6/c41-31-19-15-29(16-20-31)39(43,23-25-47-35-13-5-9-27-7-1-3-11-33(27)35)49-37(45)38(46)50-40(44,30-17-21-32(42)22-18-30)24-26-48-36-14-6-10-28-8-2-4-12-34(28)36/h1-22H,23-26,43-44H2. The molecule has 8 nitrogen and oxygen atoms in total. The third kappa shape index (κ3) is 8.01. The summed E-state index contributed by atoms with van der Waals surface area (Å²) in [6.07, 6.45) is -0.0264. The van der Waals surface area contributed by atoms with E-state index in [1.165, 1.54) is 0 Å². The zero-order valence-electron chi connectivity index (χ0n) is 26.9. The monoisotopic (exact) mass is 708 g/mol. The highest BCUT2D eigenvalue weighted by molar-refractivity contribution is 6.31. The van der Waals surface area contributed by atoms with Gasteiger partial charge in [0.05, 0.1) is 13.2 Å². The minimum atomic E-state index is -1.79. The highest BCUT2D eigenvalue weighted by Gasteiger charge is 2.39. The Balaban J connectivity index is 1.19. The highest BCUT2D eigenvalue weighted by atomic mass is 35.5. The molecule has 0 bridgehead atoms. The number of benzene rings is 6. The molecule has 0 amide bonds. The van der Waals surface area contributed by atoms with Gasteiger partial charge in [0.2, 0.25) is 0 Å². The molecular weight excluding hydrogens is 675 g/mol. The molecule has 0 aromatic heterocycles. The predicted molar refractivity (Wildman–Crippen MR) is 195 cm³/mol. The Labute approximate surface area is 299 Å². The van der Waals surface area contributed by atoms with Gasteiger partial charge >= 0.3 is 11.9 Å². The first-order valence-corrected chi connectivity index (χ1v) is 16.7. The molecular formula is C40H34Cl2N2O6. The van der Waals surface area contributed by atoms with Crippen LogP contribution >= 0.6 is 23.2 Å². The van der Waals surface area contributed by atoms with Crippen molar-refractivity contribution in [1.29, 1.82) is 0 Å². The Kier molecular flexibility index (Phi) is 10.6. The van der Waals surface area contributed by atoms with Crippen molar-refractivity contribution in [1.82, 2.24) is 0 Å². The molecule has 4 N–H and O–H groups in total. The SMILES string of the molecule is NC(CCOc1cccc2ccccc12)(OC(=O)C(=O)OC(N)(CCOc1cccc2ccccc12)c1ccc(Cl)cc1)c1ccc(Cl)cc1. The molecule has 0 heterocycles. The number of rotatable bonds is 12. The average molecular weight is 710 g/mol. The summed E-state index contributed by atoms with van der Waals surface area (Å²) in [5.74, 6) is -1.42. The van der Waals surface area contributed by atoms with Crippen molar-refractivity contribution < 1.29 is 28.5 Å². The van der Waals surface area contributed by atoms with E-state index in [0.29, 0.717) is 32.7 Å². The molecule has 0 saturated heterocycles. The lowest BCUT2D eigenvalue weighted by Gasteiger charge is -2.32. The van der Waals surface area contributed by atoms with Crippen LogP contribution in [0.3, 0.4) is 0 Å². The van der Waals surface area contributed by atoms with Crippen LogP contribution < -0.4 is 20.9 Å². The number of fused-ring (bicyclic) bond motifs is 2. The van der Waals surface area contributed by atoms with E-state index < -0.39 is 23.4 Å². The summed E-state index contributed by atoms with van der Waals surface area (Å²) in [6.45, 7) is 0.0964. The minimum Gasteiger partial charge on any atom is -0.493 e. The fourth-order valence-corrected chi connectivity index (χ4v) is 5.91. The molecule has 2 unspecified atom stereocenters. The molecule has 0 aliphatic rings. The van der Waals surface area contributed by atoms with E-state index in [1.54, 1.807) is 48.5 Å². The Morgan fingerprint density at radius 3 is 1.26 bits per heavy atom. The van der Waals surface area contributed by atoms with E-state index in [2.05, 4.69) is 0 Å². The van der Waals surface area contributed by atoms with Crippen LogP contribution in [0.25, 0.3) is 21.5 Å². The average Bonchev–Trinajstić information content (AvgIpc) is 3.12. The summed E-state index contributed by atoms with van der Waals surface area (Å²) < 4.78 is 23.6. The van der Waals surface area contributed by atoms with Gasteiger partial charge < -0.3 is 18.9 Å². The lowest BCUT2D eigenvalue weighted by molar-refractivity contribution is -0.189. The van der Waals surface area contributed by atoms with Crippen molar-refractivity contribution in [3.8, 4) is 11.5 Å². The maximum Gasteiger partial charge on any atom is 0.419 e. The smallest absolute Gasteiger partial charge is 0.419 e. The highest BCUT2D eigenvalue weighted by Crippen LogP contribution is 2.32. The molecule has 0 saturated carbocycles. The van der Waals surface area contributed by atoms with Crippen LogP contribution in [0.4, 0.5) is 0 Å². The van der Waals surface area contributed by atoms with Crippen LogP contribution in [0.5, 0.6) is 11.5 Å². The molecule has 6 rings (SSSR count). The van der Waals surface area contributed by atoms with E-state index in [0.717, 1.165) is 21.5 Å². The maximum absolute atomic E-state index is 13.5. The second kappa shape index (κ2) is 15.2. The number of carbonyl (C=O) groups is 2. The van der Waals surface area contributed by atoms with Crippen molar-refractivity contribution in [2.75, 3.05) is 13.2 Å². The van der Waals surface area contributed by atoms with Gasteiger partial charge in [0.15, 0.2) is 11.4 Å². The van der Waals surface area contributed by atoms with Gasteiger partial charge in [-0.25, -0.2) is 9.59 Å². The van der Waals surface area contributed by atoms with Gasteiger partial charge in [0.25, 0.3) is 0 Å². The Bertz CT molecular complexity index is 1960. The molecule has 6 aromatic rings. The maximum atomic E-state index is 13.5. The van der Waals surface area contributed by atoms with Gasteiger partial charge in [0.1, 0.15) is 11.5 Å². The molecule has 10 heteroatoms. The number of carbonyl (C=O) groups excluding carboxylic acids is 2. The third-order valence-electron chi connectivity index (χ3n) is 8.34. The van der Waals surface area contributed by atoms with Crippen LogP contribution in [0, 0.1) is 0 Å². The van der Waals surface area contributed by atoms with Gasteiger partial charge in [0, 0.05) is 44.8 Å². The number of hydrogen-bond donors (Lipinski definition) is 2. The lowest BCUT2D eigenvalue weighted by atomic mass is 10.00. The predicted octanol–water partition coefficient (Wildman–Crippen LogP) is 8.25. The summed E-state index contributed by atoms with van der Waals surface area (Å²) in [7, 11) is 0. The summed E-state index contributed by atoms with van der Waals surface area (Å²) in [5, 5.41) is 4.74. The number of nitrogens with two attached hydrogens (primary N) is 2. The van der Waals surface area contributed by atoms with Gasteiger partial charge in [-0.05, 0) is 47.2 Å². The summed E-state index contributed by atoms with van der Waals surface area (Å²) >= 11 is 12.3. The quantitative estimate of drug-likeness (QED) is 0.0740.